The number of anilines is 1. The molecule has 0 saturated carbocycles. The lowest BCUT2D eigenvalue weighted by Crippen LogP contribution is -2.29. The lowest BCUT2D eigenvalue weighted by molar-refractivity contribution is 0.0933. The van der Waals surface area contributed by atoms with E-state index in [2.05, 4.69) is 20.6 Å². The molecular formula is C14H16F2N4O. The first-order chi connectivity index (χ1) is 10.1. The molecule has 0 saturated heterocycles. The molecule has 1 aromatic carbocycles. The van der Waals surface area contributed by atoms with Gasteiger partial charge in [-0.25, -0.2) is 13.8 Å². The fourth-order valence-electron chi connectivity index (χ4n) is 2.02. The van der Waals surface area contributed by atoms with Crippen molar-refractivity contribution >= 4 is 11.6 Å². The number of hydrogen-bond donors (Lipinski definition) is 3. The van der Waals surface area contributed by atoms with E-state index in [1.54, 1.807) is 12.4 Å². The van der Waals surface area contributed by atoms with Gasteiger partial charge in [0.25, 0.3) is 5.91 Å². The summed E-state index contributed by atoms with van der Waals surface area (Å²) < 4.78 is 27.3. The zero-order valence-corrected chi connectivity index (χ0v) is 11.7. The number of halogens is 2. The number of imidazole rings is 1. The van der Waals surface area contributed by atoms with Crippen molar-refractivity contribution in [3.63, 3.8) is 0 Å². The van der Waals surface area contributed by atoms with Crippen molar-refractivity contribution in [1.82, 2.24) is 15.3 Å². The van der Waals surface area contributed by atoms with E-state index >= 15 is 0 Å². The van der Waals surface area contributed by atoms with E-state index in [9.17, 15) is 13.6 Å². The Morgan fingerprint density at radius 1 is 1.38 bits per heavy atom. The van der Waals surface area contributed by atoms with E-state index in [1.807, 2.05) is 6.92 Å². The van der Waals surface area contributed by atoms with Crippen LogP contribution in [-0.4, -0.2) is 22.9 Å². The Hall–Kier alpha value is -2.44. The van der Waals surface area contributed by atoms with Crippen LogP contribution in [0.1, 0.15) is 35.6 Å². The molecule has 112 valence electrons. The van der Waals surface area contributed by atoms with E-state index in [0.29, 0.717) is 12.2 Å². The Morgan fingerprint density at radius 3 is 2.52 bits per heavy atom. The number of hydrogen-bond acceptors (Lipinski definition) is 3. The number of rotatable bonds is 5. The first-order valence-electron chi connectivity index (χ1n) is 6.53. The normalized spacial score (nSPS) is 12.0. The number of nitrogens with one attached hydrogen (secondary N) is 3. The minimum absolute atomic E-state index is 0.0750. The van der Waals surface area contributed by atoms with Gasteiger partial charge in [-0.3, -0.25) is 4.79 Å². The predicted molar refractivity (Wildman–Crippen MR) is 75.0 cm³/mol. The van der Waals surface area contributed by atoms with Crippen LogP contribution < -0.4 is 10.6 Å². The molecule has 2 rings (SSSR count). The molecule has 0 aliphatic carbocycles. The van der Waals surface area contributed by atoms with Crippen molar-refractivity contribution in [1.29, 1.82) is 0 Å². The summed E-state index contributed by atoms with van der Waals surface area (Å²) in [6.45, 7) is 1.87. The van der Waals surface area contributed by atoms with Crippen LogP contribution in [0.2, 0.25) is 0 Å². The predicted octanol–water partition coefficient (Wildman–Crippen LogP) is 2.61. The maximum absolute atomic E-state index is 13.7. The highest BCUT2D eigenvalue weighted by Crippen LogP contribution is 2.21. The van der Waals surface area contributed by atoms with Gasteiger partial charge < -0.3 is 15.6 Å². The Morgan fingerprint density at radius 2 is 2.05 bits per heavy atom. The van der Waals surface area contributed by atoms with Gasteiger partial charge in [-0.1, -0.05) is 6.92 Å². The smallest absolute Gasteiger partial charge is 0.252 e. The topological polar surface area (TPSA) is 69.8 Å². The number of nitrogens with zero attached hydrogens (tertiary/aromatic N) is 1. The van der Waals surface area contributed by atoms with Crippen LogP contribution in [-0.2, 0) is 0 Å². The maximum atomic E-state index is 13.7. The summed E-state index contributed by atoms with van der Waals surface area (Å²) in [5, 5.41) is 5.10. The molecule has 5 nitrogen and oxygen atoms in total. The third-order valence-electron chi connectivity index (χ3n) is 3.12. The van der Waals surface area contributed by atoms with Crippen molar-refractivity contribution < 1.29 is 13.6 Å². The molecule has 1 amide bonds. The molecule has 7 heteroatoms. The summed E-state index contributed by atoms with van der Waals surface area (Å²) >= 11 is 0. The zero-order chi connectivity index (χ0) is 15.4. The Balaban J connectivity index is 2.20. The minimum Gasteiger partial charge on any atom is -0.383 e. The zero-order valence-electron chi connectivity index (χ0n) is 11.7. The lowest BCUT2D eigenvalue weighted by Gasteiger charge is -2.15. The standard InChI is InChI=1S/C14H16F2N4O/c1-3-11(13-18-4-5-19-13)20-14(21)8-6-9(15)12(17-2)10(16)7-8/h4-7,11,17H,3H2,1-2H3,(H,18,19)(H,20,21). The van der Waals surface area contributed by atoms with Crippen LogP contribution in [0.5, 0.6) is 0 Å². The van der Waals surface area contributed by atoms with Crippen LogP contribution in [0.3, 0.4) is 0 Å². The van der Waals surface area contributed by atoms with E-state index in [1.165, 1.54) is 7.05 Å². The molecule has 3 N–H and O–H groups in total. The minimum atomic E-state index is -0.811. The van der Waals surface area contributed by atoms with Gasteiger partial charge in [0.1, 0.15) is 23.1 Å². The largest absolute Gasteiger partial charge is 0.383 e. The second-order valence-corrected chi connectivity index (χ2v) is 4.47. The van der Waals surface area contributed by atoms with Gasteiger partial charge in [0.05, 0.1) is 6.04 Å². The number of H-pyrrole nitrogens is 1. The Labute approximate surface area is 120 Å². The van der Waals surface area contributed by atoms with Crippen molar-refractivity contribution in [2.75, 3.05) is 12.4 Å². The number of benzene rings is 1. The lowest BCUT2D eigenvalue weighted by atomic mass is 10.1. The number of amides is 1. The number of aromatic nitrogens is 2. The molecule has 21 heavy (non-hydrogen) atoms. The van der Waals surface area contributed by atoms with Crippen molar-refractivity contribution in [3.8, 4) is 0 Å². The third-order valence-corrected chi connectivity index (χ3v) is 3.12. The summed E-state index contributed by atoms with van der Waals surface area (Å²) in [6.07, 6.45) is 3.81. The SMILES string of the molecule is CCC(NC(=O)c1cc(F)c(NC)c(F)c1)c1ncc[nH]1. The van der Waals surface area contributed by atoms with Gasteiger partial charge in [0, 0.05) is 25.0 Å². The van der Waals surface area contributed by atoms with Gasteiger partial charge in [0.15, 0.2) is 0 Å². The molecule has 0 aliphatic rings. The first-order valence-corrected chi connectivity index (χ1v) is 6.53. The molecule has 0 fully saturated rings. The van der Waals surface area contributed by atoms with Crippen LogP contribution in [0.25, 0.3) is 0 Å². The number of carbonyl (C=O) groups excluding carboxylic acids is 1. The van der Waals surface area contributed by atoms with E-state index in [4.69, 9.17) is 0 Å². The van der Waals surface area contributed by atoms with Crippen molar-refractivity contribution in [3.05, 3.63) is 47.5 Å². The quantitative estimate of drug-likeness (QED) is 0.794. The highest BCUT2D eigenvalue weighted by Gasteiger charge is 2.18. The molecule has 0 bridgehead atoms. The first kappa shape index (κ1) is 15.0. The van der Waals surface area contributed by atoms with Gasteiger partial charge in [-0.15, -0.1) is 0 Å². The van der Waals surface area contributed by atoms with Gasteiger partial charge in [-0.2, -0.15) is 0 Å². The molecule has 2 aromatic rings. The highest BCUT2D eigenvalue weighted by atomic mass is 19.1. The van der Waals surface area contributed by atoms with Crippen LogP contribution in [0.15, 0.2) is 24.5 Å². The average molecular weight is 294 g/mol. The molecule has 1 atom stereocenters. The van der Waals surface area contributed by atoms with Gasteiger partial charge in [-0.05, 0) is 18.6 Å². The second-order valence-electron chi connectivity index (χ2n) is 4.47. The summed E-state index contributed by atoms with van der Waals surface area (Å²) in [6, 6.07) is 1.65. The van der Waals surface area contributed by atoms with Crippen molar-refractivity contribution in [2.45, 2.75) is 19.4 Å². The summed E-state index contributed by atoms with van der Waals surface area (Å²) in [5.41, 5.74) is -0.335. The van der Waals surface area contributed by atoms with Gasteiger partial charge in [0.2, 0.25) is 0 Å². The molecule has 0 aliphatic heterocycles. The Bertz CT molecular complexity index is 605. The van der Waals surface area contributed by atoms with E-state index in [-0.39, 0.29) is 17.3 Å². The maximum Gasteiger partial charge on any atom is 0.252 e. The van der Waals surface area contributed by atoms with E-state index in [0.717, 1.165) is 12.1 Å². The second kappa shape index (κ2) is 6.34. The average Bonchev–Trinajstić information content (AvgIpc) is 2.98. The number of aromatic amines is 1. The monoisotopic (exact) mass is 294 g/mol. The van der Waals surface area contributed by atoms with Crippen molar-refractivity contribution in [2.24, 2.45) is 0 Å². The Kier molecular flexibility index (Phi) is 4.52. The fourth-order valence-corrected chi connectivity index (χ4v) is 2.02. The molecular weight excluding hydrogens is 278 g/mol. The molecule has 0 spiro atoms. The molecule has 0 radical (unpaired) electrons. The third kappa shape index (κ3) is 3.18. The van der Waals surface area contributed by atoms with E-state index < -0.39 is 17.5 Å². The van der Waals surface area contributed by atoms with Crippen LogP contribution in [0.4, 0.5) is 14.5 Å². The van der Waals surface area contributed by atoms with Crippen LogP contribution in [0, 0.1) is 11.6 Å². The molecule has 1 heterocycles. The molecule has 1 unspecified atom stereocenters. The summed E-state index contributed by atoms with van der Waals surface area (Å²) in [4.78, 5) is 19.1. The summed E-state index contributed by atoms with van der Waals surface area (Å²) in [7, 11) is 1.41. The fraction of sp³-hybridized carbons (Fsp3) is 0.286. The van der Waals surface area contributed by atoms with Gasteiger partial charge >= 0.3 is 0 Å². The number of carbonyl (C=O) groups is 1. The van der Waals surface area contributed by atoms with Crippen LogP contribution >= 0.6 is 0 Å². The molecule has 1 aromatic heterocycles. The highest BCUT2D eigenvalue weighted by molar-refractivity contribution is 5.94. The summed E-state index contributed by atoms with van der Waals surface area (Å²) in [5.74, 6) is -1.58.